The molecule has 2 aliphatic rings. The smallest absolute Gasteiger partial charge is 0.286 e. The van der Waals surface area contributed by atoms with E-state index in [4.69, 9.17) is 4.74 Å². The first-order valence-corrected chi connectivity index (χ1v) is 9.00. The summed E-state index contributed by atoms with van der Waals surface area (Å²) >= 11 is 1.35. The van der Waals surface area contributed by atoms with Crippen molar-refractivity contribution in [2.24, 2.45) is 4.99 Å². The molecule has 0 aliphatic carbocycles. The average Bonchev–Trinajstić information content (AvgIpc) is 3.01. The van der Waals surface area contributed by atoms with Crippen molar-refractivity contribution in [1.82, 2.24) is 4.90 Å². The van der Waals surface area contributed by atoms with Crippen LogP contribution in [-0.4, -0.2) is 48.1 Å². The molecular formula is C19H20N2O3S. The van der Waals surface area contributed by atoms with Gasteiger partial charge in [0.05, 0.1) is 18.1 Å². The zero-order valence-electron chi connectivity index (χ0n) is 14.3. The van der Waals surface area contributed by atoms with Crippen LogP contribution in [-0.2, 0) is 9.53 Å². The standard InChI is InChI=1S/C19H20N2O3S/c1-13-3-6-15(7-4-13)17(22)14(2)5-8-16-18(23)20-19(25-16)21-9-11-24-12-10-21/h3-8H,9-12H2,1-2H3/b14-5-,16-8+. The van der Waals surface area contributed by atoms with E-state index < -0.39 is 0 Å². The zero-order chi connectivity index (χ0) is 17.8. The number of hydrogen-bond donors (Lipinski definition) is 0. The molecule has 1 fully saturated rings. The molecule has 0 unspecified atom stereocenters. The predicted octanol–water partition coefficient (Wildman–Crippen LogP) is 2.97. The third-order valence-corrected chi connectivity index (χ3v) is 5.11. The Labute approximate surface area is 151 Å². The number of aliphatic imine (C=N–C) groups is 1. The lowest BCUT2D eigenvalue weighted by atomic mass is 10.0. The fourth-order valence-electron chi connectivity index (χ4n) is 2.51. The number of aryl methyl sites for hydroxylation is 1. The summed E-state index contributed by atoms with van der Waals surface area (Å²) < 4.78 is 5.32. The van der Waals surface area contributed by atoms with Gasteiger partial charge in [0.15, 0.2) is 11.0 Å². The van der Waals surface area contributed by atoms with Crippen LogP contribution in [0.15, 0.2) is 51.9 Å². The number of ether oxygens (including phenoxy) is 1. The van der Waals surface area contributed by atoms with Gasteiger partial charge in [-0.3, -0.25) is 9.59 Å². The predicted molar refractivity (Wildman–Crippen MR) is 99.8 cm³/mol. The van der Waals surface area contributed by atoms with Gasteiger partial charge >= 0.3 is 0 Å². The molecule has 0 radical (unpaired) electrons. The molecular weight excluding hydrogens is 336 g/mol. The molecule has 3 rings (SSSR count). The molecule has 0 spiro atoms. The largest absolute Gasteiger partial charge is 0.378 e. The second-order valence-corrected chi connectivity index (χ2v) is 6.99. The number of allylic oxidation sites excluding steroid dienone is 3. The van der Waals surface area contributed by atoms with E-state index >= 15 is 0 Å². The van der Waals surface area contributed by atoms with Crippen molar-refractivity contribution in [3.05, 3.63) is 58.0 Å². The highest BCUT2D eigenvalue weighted by atomic mass is 32.2. The maximum atomic E-state index is 12.4. The number of hydrogen-bond acceptors (Lipinski definition) is 5. The van der Waals surface area contributed by atoms with Crippen LogP contribution in [0.4, 0.5) is 0 Å². The third kappa shape index (κ3) is 4.27. The number of carbonyl (C=O) groups is 2. The van der Waals surface area contributed by atoms with Crippen LogP contribution in [0.25, 0.3) is 0 Å². The molecule has 0 N–H and O–H groups in total. The summed E-state index contributed by atoms with van der Waals surface area (Å²) in [5, 5.41) is 0.718. The number of ketones is 1. The number of nitrogens with zero attached hydrogens (tertiary/aromatic N) is 2. The molecule has 0 atom stereocenters. The average molecular weight is 356 g/mol. The maximum absolute atomic E-state index is 12.4. The number of rotatable bonds is 3. The van der Waals surface area contributed by atoms with E-state index in [2.05, 4.69) is 9.89 Å². The third-order valence-electron chi connectivity index (χ3n) is 4.05. The highest BCUT2D eigenvalue weighted by Crippen LogP contribution is 2.29. The van der Waals surface area contributed by atoms with E-state index in [1.54, 1.807) is 19.1 Å². The number of amides is 1. The van der Waals surface area contributed by atoms with Crippen molar-refractivity contribution < 1.29 is 14.3 Å². The van der Waals surface area contributed by atoms with Gasteiger partial charge in [0.1, 0.15) is 0 Å². The SMILES string of the molecule is C/C(=C/C=C1/SC(N2CCOCC2)=NC1=O)C(=O)c1ccc(C)cc1. The normalized spacial score (nSPS) is 20.2. The molecule has 2 aliphatic heterocycles. The van der Waals surface area contributed by atoms with Crippen LogP contribution in [0.2, 0.25) is 0 Å². The van der Waals surface area contributed by atoms with E-state index in [0.717, 1.165) is 23.8 Å². The van der Waals surface area contributed by atoms with Crippen molar-refractivity contribution in [1.29, 1.82) is 0 Å². The van der Waals surface area contributed by atoms with Crippen molar-refractivity contribution in [2.75, 3.05) is 26.3 Å². The van der Waals surface area contributed by atoms with Gasteiger partial charge in [-0.05, 0) is 37.3 Å². The van der Waals surface area contributed by atoms with Crippen molar-refractivity contribution in [3.8, 4) is 0 Å². The Kier molecular flexibility index (Phi) is 5.50. The van der Waals surface area contributed by atoms with E-state index in [-0.39, 0.29) is 11.7 Å². The van der Waals surface area contributed by atoms with E-state index in [9.17, 15) is 9.59 Å². The van der Waals surface area contributed by atoms with Gasteiger partial charge in [-0.1, -0.05) is 35.9 Å². The van der Waals surface area contributed by atoms with Gasteiger partial charge in [-0.15, -0.1) is 0 Å². The molecule has 0 aromatic heterocycles. The summed E-state index contributed by atoms with van der Waals surface area (Å²) in [5.74, 6) is -0.292. The first kappa shape index (κ1) is 17.6. The number of morpholine rings is 1. The summed E-state index contributed by atoms with van der Waals surface area (Å²) in [5.41, 5.74) is 2.35. The van der Waals surface area contributed by atoms with Crippen LogP contribution >= 0.6 is 11.8 Å². The van der Waals surface area contributed by atoms with Gasteiger partial charge in [0.2, 0.25) is 0 Å². The van der Waals surface area contributed by atoms with Gasteiger partial charge in [-0.2, -0.15) is 4.99 Å². The molecule has 1 saturated heterocycles. The van der Waals surface area contributed by atoms with Crippen LogP contribution < -0.4 is 0 Å². The van der Waals surface area contributed by atoms with Crippen molar-refractivity contribution >= 4 is 28.6 Å². The van der Waals surface area contributed by atoms with E-state index in [1.807, 2.05) is 31.2 Å². The fraction of sp³-hybridized carbons (Fsp3) is 0.316. The minimum Gasteiger partial charge on any atom is -0.378 e. The second-order valence-electron chi connectivity index (χ2n) is 5.98. The minimum atomic E-state index is -0.252. The monoisotopic (exact) mass is 356 g/mol. The number of amidine groups is 1. The molecule has 1 aromatic rings. The van der Waals surface area contributed by atoms with Crippen LogP contribution in [0.5, 0.6) is 0 Å². The second kappa shape index (κ2) is 7.80. The Hall–Kier alpha value is -2.18. The van der Waals surface area contributed by atoms with Gasteiger partial charge in [0, 0.05) is 18.7 Å². The molecule has 0 bridgehead atoms. The van der Waals surface area contributed by atoms with Crippen LogP contribution in [0.3, 0.4) is 0 Å². The number of thioether (sulfide) groups is 1. The summed E-state index contributed by atoms with van der Waals surface area (Å²) in [4.78, 5) is 31.2. The Morgan fingerprint density at radius 2 is 1.92 bits per heavy atom. The lowest BCUT2D eigenvalue weighted by molar-refractivity contribution is -0.113. The molecule has 0 saturated carbocycles. The van der Waals surface area contributed by atoms with Crippen LogP contribution in [0, 0.1) is 6.92 Å². The number of Topliss-reactive ketones (excluding diaryl/α,β-unsaturated/α-hetero) is 1. The topological polar surface area (TPSA) is 59.0 Å². The van der Waals surface area contributed by atoms with Crippen molar-refractivity contribution in [3.63, 3.8) is 0 Å². The molecule has 25 heavy (non-hydrogen) atoms. The van der Waals surface area contributed by atoms with E-state index in [1.165, 1.54) is 11.8 Å². The summed E-state index contributed by atoms with van der Waals surface area (Å²) in [7, 11) is 0. The molecule has 1 amide bonds. The van der Waals surface area contributed by atoms with Gasteiger partial charge in [-0.25, -0.2) is 0 Å². The molecule has 130 valence electrons. The van der Waals surface area contributed by atoms with Gasteiger partial charge < -0.3 is 9.64 Å². The lowest BCUT2D eigenvalue weighted by Crippen LogP contribution is -2.38. The Morgan fingerprint density at radius 1 is 1.24 bits per heavy atom. The first-order valence-electron chi connectivity index (χ1n) is 8.18. The number of benzene rings is 1. The molecule has 1 aromatic carbocycles. The van der Waals surface area contributed by atoms with Gasteiger partial charge in [0.25, 0.3) is 5.91 Å². The van der Waals surface area contributed by atoms with E-state index in [0.29, 0.717) is 29.3 Å². The Bertz CT molecular complexity index is 772. The Balaban J connectivity index is 1.68. The molecule has 6 heteroatoms. The molecule has 2 heterocycles. The summed E-state index contributed by atoms with van der Waals surface area (Å²) in [6, 6.07) is 7.46. The maximum Gasteiger partial charge on any atom is 0.286 e. The summed E-state index contributed by atoms with van der Waals surface area (Å²) in [6.45, 7) is 6.53. The van der Waals surface area contributed by atoms with Crippen LogP contribution in [0.1, 0.15) is 22.8 Å². The Morgan fingerprint density at radius 3 is 2.60 bits per heavy atom. The first-order chi connectivity index (χ1) is 12.0. The zero-order valence-corrected chi connectivity index (χ0v) is 15.1. The minimum absolute atomic E-state index is 0.0402. The molecule has 5 nitrogen and oxygen atoms in total. The quantitative estimate of drug-likeness (QED) is 0.616. The highest BCUT2D eigenvalue weighted by Gasteiger charge is 2.26. The van der Waals surface area contributed by atoms with Crippen molar-refractivity contribution in [2.45, 2.75) is 13.8 Å². The lowest BCUT2D eigenvalue weighted by Gasteiger charge is -2.27. The number of carbonyl (C=O) groups excluding carboxylic acids is 2. The highest BCUT2D eigenvalue weighted by molar-refractivity contribution is 8.18. The summed E-state index contributed by atoms with van der Waals surface area (Å²) in [6.07, 6.45) is 3.38. The fourth-order valence-corrected chi connectivity index (χ4v) is 3.42.